The summed E-state index contributed by atoms with van der Waals surface area (Å²) in [5.41, 5.74) is 8.12. The minimum absolute atomic E-state index is 0.00263. The van der Waals surface area contributed by atoms with Crippen molar-refractivity contribution in [3.63, 3.8) is 0 Å². The Morgan fingerprint density at radius 1 is 1.02 bits per heavy atom. The van der Waals surface area contributed by atoms with Crippen LogP contribution in [0.3, 0.4) is 0 Å². The highest BCUT2D eigenvalue weighted by atomic mass is 35.5. The van der Waals surface area contributed by atoms with Gasteiger partial charge in [-0.05, 0) is 48.5 Å². The van der Waals surface area contributed by atoms with Gasteiger partial charge in [-0.25, -0.2) is 18.8 Å². The van der Waals surface area contributed by atoms with Crippen LogP contribution in [0.4, 0.5) is 14.5 Å². The molecule has 1 aliphatic heterocycles. The first-order chi connectivity index (χ1) is 20.9. The van der Waals surface area contributed by atoms with Gasteiger partial charge in [0.15, 0.2) is 0 Å². The summed E-state index contributed by atoms with van der Waals surface area (Å²) in [6.07, 6.45) is 3.26. The van der Waals surface area contributed by atoms with Crippen molar-refractivity contribution in [2.24, 2.45) is 20.7 Å². The van der Waals surface area contributed by atoms with Crippen LogP contribution in [0, 0.1) is 11.6 Å². The maximum Gasteiger partial charge on any atom is 0.251 e. The number of amides is 1. The molecule has 0 atom stereocenters. The minimum atomic E-state index is -0.764. The summed E-state index contributed by atoms with van der Waals surface area (Å²) in [7, 11) is 0. The molecule has 12 heteroatoms. The number of aliphatic imine (C=N–C) groups is 3. The second kappa shape index (κ2) is 15.6. The van der Waals surface area contributed by atoms with Gasteiger partial charge < -0.3 is 25.3 Å². The van der Waals surface area contributed by atoms with Gasteiger partial charge in [-0.15, -0.1) is 0 Å². The van der Waals surface area contributed by atoms with Gasteiger partial charge in [0, 0.05) is 40.0 Å². The van der Waals surface area contributed by atoms with Crippen LogP contribution in [0.5, 0.6) is 0 Å². The van der Waals surface area contributed by atoms with E-state index in [0.717, 1.165) is 18.5 Å². The molecule has 3 N–H and O–H groups in total. The Bertz CT molecular complexity index is 1570. The number of rotatable bonds is 12. The van der Waals surface area contributed by atoms with Gasteiger partial charge in [0.25, 0.3) is 5.91 Å². The Morgan fingerprint density at radius 2 is 1.77 bits per heavy atom. The summed E-state index contributed by atoms with van der Waals surface area (Å²) in [5.74, 6) is -1.82. The van der Waals surface area contributed by atoms with Gasteiger partial charge in [-0.3, -0.25) is 9.79 Å². The van der Waals surface area contributed by atoms with Crippen molar-refractivity contribution in [3.05, 3.63) is 111 Å². The predicted octanol–water partition coefficient (Wildman–Crippen LogP) is 4.42. The first-order valence-electron chi connectivity index (χ1n) is 13.2. The van der Waals surface area contributed by atoms with E-state index in [9.17, 15) is 18.4 Å². The molecule has 0 bridgehead atoms. The van der Waals surface area contributed by atoms with Gasteiger partial charge in [-0.1, -0.05) is 23.7 Å². The topological polar surface area (TPSA) is 128 Å². The number of fused-ring (bicyclic) bond motifs is 1. The number of nitrogens with one attached hydrogen (secondary N) is 1. The largest absolute Gasteiger partial charge is 0.390 e. The summed E-state index contributed by atoms with van der Waals surface area (Å²) < 4.78 is 40.1. The Kier molecular flexibility index (Phi) is 11.4. The van der Waals surface area contributed by atoms with E-state index >= 15 is 0 Å². The number of benzene rings is 3. The van der Waals surface area contributed by atoms with Crippen molar-refractivity contribution < 1.29 is 27.8 Å². The van der Waals surface area contributed by atoms with Crippen molar-refractivity contribution in [1.29, 1.82) is 0 Å². The molecule has 1 aliphatic rings. The number of nitrogens with two attached hydrogens (primary N) is 1. The van der Waals surface area contributed by atoms with Crippen LogP contribution in [0.25, 0.3) is 0 Å². The molecule has 1 amide bonds. The fourth-order valence-electron chi connectivity index (χ4n) is 4.23. The van der Waals surface area contributed by atoms with Gasteiger partial charge in [0.2, 0.25) is 0 Å². The third-order valence-electron chi connectivity index (χ3n) is 6.18. The number of halogens is 3. The van der Waals surface area contributed by atoms with E-state index in [1.165, 1.54) is 12.3 Å². The molecule has 3 aromatic carbocycles. The average molecular weight is 608 g/mol. The maximum absolute atomic E-state index is 14.9. The van der Waals surface area contributed by atoms with E-state index in [2.05, 4.69) is 15.3 Å². The fourth-order valence-corrected chi connectivity index (χ4v) is 4.40. The van der Waals surface area contributed by atoms with Crippen LogP contribution in [-0.2, 0) is 14.3 Å². The average Bonchev–Trinajstić information content (AvgIpc) is 3.14. The fraction of sp³-hybridized carbons (Fsp3) is 0.194. The second-order valence-corrected chi connectivity index (χ2v) is 9.46. The van der Waals surface area contributed by atoms with Crippen LogP contribution in [0.15, 0.2) is 87.4 Å². The number of hydrogen-bond donors (Lipinski definition) is 2. The molecule has 9 nitrogen and oxygen atoms in total. The summed E-state index contributed by atoms with van der Waals surface area (Å²) in [4.78, 5) is 36.2. The summed E-state index contributed by atoms with van der Waals surface area (Å²) in [6.45, 7) is 1.19. The number of hydrogen-bond acceptors (Lipinski definition) is 7. The molecule has 222 valence electrons. The summed E-state index contributed by atoms with van der Waals surface area (Å²) >= 11 is 6.32. The third kappa shape index (κ3) is 8.25. The third-order valence-corrected chi connectivity index (χ3v) is 6.41. The quantitative estimate of drug-likeness (QED) is 0.136. The molecule has 0 unspecified atom stereocenters. The van der Waals surface area contributed by atoms with Gasteiger partial charge in [0.1, 0.15) is 24.5 Å². The minimum Gasteiger partial charge on any atom is -0.390 e. The summed E-state index contributed by atoms with van der Waals surface area (Å²) in [5, 5.41) is 3.11. The molecule has 3 aromatic rings. The maximum atomic E-state index is 14.9. The number of nitrogens with zero attached hydrogens (tertiary/aromatic N) is 3. The zero-order valence-corrected chi connectivity index (χ0v) is 23.7. The Morgan fingerprint density at radius 3 is 2.49 bits per heavy atom. The molecule has 0 spiro atoms. The van der Waals surface area contributed by atoms with Crippen molar-refractivity contribution in [2.45, 2.75) is 0 Å². The van der Waals surface area contributed by atoms with Crippen LogP contribution >= 0.6 is 11.6 Å². The predicted molar refractivity (Wildman–Crippen MR) is 162 cm³/mol. The molecule has 0 saturated heterocycles. The highest BCUT2D eigenvalue weighted by Crippen LogP contribution is 2.30. The Balaban J connectivity index is 1.60. The molecular formula is C31H28ClF2N5O4. The van der Waals surface area contributed by atoms with Crippen LogP contribution < -0.4 is 11.1 Å². The van der Waals surface area contributed by atoms with Gasteiger partial charge >= 0.3 is 0 Å². The lowest BCUT2D eigenvalue weighted by Crippen LogP contribution is -2.27. The standard InChI is InChI=1S/C31H28ClF2N5O4/c32-22-6-9-24-25(16-22)30(28-26(33)2-1-3-27(28)34)38-18-21(17-36-19-35)29(24)39-23-7-4-20(5-8-23)31(41)37-10-12-42-14-15-43-13-11-40/h1-9,11,16-17,19H,10,12-15,18H2,(H2,35,36)(H,37,41)/b21-17-,39-29?. The monoisotopic (exact) mass is 607 g/mol. The second-order valence-electron chi connectivity index (χ2n) is 9.02. The van der Waals surface area contributed by atoms with Crippen molar-refractivity contribution in [3.8, 4) is 0 Å². The molecule has 0 aliphatic carbocycles. The Labute approximate surface area is 251 Å². The van der Waals surface area contributed by atoms with E-state index in [0.29, 0.717) is 51.6 Å². The van der Waals surface area contributed by atoms with Crippen LogP contribution in [0.2, 0.25) is 5.02 Å². The SMILES string of the molecule is NC=N/C=C1/CN=C(c2c(F)cccc2F)c2cc(Cl)ccc2C1=Nc1ccc(C(=O)NCCOCCOCC=O)cc1. The van der Waals surface area contributed by atoms with E-state index in [4.69, 9.17) is 31.8 Å². The first kappa shape index (κ1) is 31.4. The highest BCUT2D eigenvalue weighted by molar-refractivity contribution is 6.32. The van der Waals surface area contributed by atoms with Crippen molar-refractivity contribution >= 4 is 47.2 Å². The van der Waals surface area contributed by atoms with Crippen molar-refractivity contribution in [2.75, 3.05) is 39.5 Å². The lowest BCUT2D eigenvalue weighted by molar-refractivity contribution is -0.112. The zero-order chi connectivity index (χ0) is 30.6. The molecule has 43 heavy (non-hydrogen) atoms. The number of carbonyl (C=O) groups is 2. The number of ether oxygens (including phenoxy) is 2. The first-order valence-corrected chi connectivity index (χ1v) is 13.6. The number of carbonyl (C=O) groups excluding carboxylic acids is 2. The lowest BCUT2D eigenvalue weighted by Gasteiger charge is -2.13. The lowest BCUT2D eigenvalue weighted by atomic mass is 9.93. The zero-order valence-electron chi connectivity index (χ0n) is 22.9. The van der Waals surface area contributed by atoms with Gasteiger partial charge in [-0.2, -0.15) is 0 Å². The van der Waals surface area contributed by atoms with Crippen molar-refractivity contribution in [1.82, 2.24) is 5.32 Å². The van der Waals surface area contributed by atoms with Crippen LogP contribution in [-0.4, -0.2) is 69.5 Å². The van der Waals surface area contributed by atoms with E-state index in [1.807, 2.05) is 0 Å². The molecule has 0 radical (unpaired) electrons. The van der Waals surface area contributed by atoms with E-state index in [1.54, 1.807) is 42.5 Å². The molecule has 4 rings (SSSR count). The smallest absolute Gasteiger partial charge is 0.251 e. The van der Waals surface area contributed by atoms with Crippen LogP contribution in [0.1, 0.15) is 27.0 Å². The van der Waals surface area contributed by atoms with Gasteiger partial charge in [0.05, 0.1) is 55.4 Å². The molecular weight excluding hydrogens is 580 g/mol. The van der Waals surface area contributed by atoms with E-state index < -0.39 is 11.6 Å². The molecule has 0 saturated carbocycles. The molecule has 1 heterocycles. The molecule has 0 fully saturated rings. The molecule has 0 aromatic heterocycles. The normalized spacial score (nSPS) is 14.9. The summed E-state index contributed by atoms with van der Waals surface area (Å²) in [6, 6.07) is 15.1. The number of aldehydes is 1. The van der Waals surface area contributed by atoms with E-state index in [-0.39, 0.29) is 50.1 Å². The highest BCUT2D eigenvalue weighted by Gasteiger charge is 2.26. The Hall–Kier alpha value is -4.58.